The number of halogens is 1. The predicted octanol–water partition coefficient (Wildman–Crippen LogP) is 4.61. The van der Waals surface area contributed by atoms with Crippen molar-refractivity contribution in [1.29, 1.82) is 0 Å². The Hall–Kier alpha value is -0.380. The molecule has 1 aromatic carbocycles. The number of methoxy groups -OCH3 is 1. The van der Waals surface area contributed by atoms with E-state index in [1.807, 2.05) is 0 Å². The maximum Gasteiger partial charge on any atom is 0.0623 e. The van der Waals surface area contributed by atoms with E-state index < -0.39 is 0 Å². The first kappa shape index (κ1) is 16.7. The van der Waals surface area contributed by atoms with Crippen LogP contribution in [0.4, 0.5) is 0 Å². The lowest BCUT2D eigenvalue weighted by atomic mass is 9.94. The van der Waals surface area contributed by atoms with Gasteiger partial charge in [0, 0.05) is 17.6 Å². The normalized spacial score (nSPS) is 13.6. The van der Waals surface area contributed by atoms with Gasteiger partial charge in [0.1, 0.15) is 0 Å². The summed E-state index contributed by atoms with van der Waals surface area (Å²) < 4.78 is 6.70. The van der Waals surface area contributed by atoms with Crippen molar-refractivity contribution in [3.05, 3.63) is 33.8 Å². The van der Waals surface area contributed by atoms with E-state index >= 15 is 0 Å². The molecule has 0 heterocycles. The van der Waals surface area contributed by atoms with Crippen molar-refractivity contribution >= 4 is 15.9 Å². The van der Waals surface area contributed by atoms with E-state index in [0.717, 1.165) is 19.4 Å². The summed E-state index contributed by atoms with van der Waals surface area (Å²) in [6, 6.07) is 6.94. The monoisotopic (exact) mass is 327 g/mol. The number of ether oxygens (including phenoxy) is 1. The Morgan fingerprint density at radius 1 is 1.37 bits per heavy atom. The van der Waals surface area contributed by atoms with E-state index in [1.165, 1.54) is 15.6 Å². The van der Waals surface area contributed by atoms with Gasteiger partial charge in [0.15, 0.2) is 0 Å². The molecule has 19 heavy (non-hydrogen) atoms. The van der Waals surface area contributed by atoms with Gasteiger partial charge in [-0.3, -0.25) is 0 Å². The Bertz CT molecular complexity index is 404. The largest absolute Gasteiger partial charge is 0.379 e. The quantitative estimate of drug-likeness (QED) is 0.789. The summed E-state index contributed by atoms with van der Waals surface area (Å²) >= 11 is 3.68. The third-order valence-corrected chi connectivity index (χ3v) is 4.26. The standard InChI is InChI=1S/C16H26BrNO/c1-6-18-15(9-10-16(3,4)19-5)13-8-7-12(2)11-14(13)17/h7-8,11,15,18H,6,9-10H2,1-5H3. The van der Waals surface area contributed by atoms with Gasteiger partial charge in [-0.2, -0.15) is 0 Å². The van der Waals surface area contributed by atoms with Crippen LogP contribution >= 0.6 is 15.9 Å². The Morgan fingerprint density at radius 3 is 2.58 bits per heavy atom. The number of hydrogen-bond donors (Lipinski definition) is 1. The molecule has 2 nitrogen and oxygen atoms in total. The Labute approximate surface area is 126 Å². The fourth-order valence-electron chi connectivity index (χ4n) is 2.12. The number of rotatable bonds is 7. The number of aryl methyl sites for hydroxylation is 1. The average Bonchev–Trinajstić information content (AvgIpc) is 2.35. The average molecular weight is 328 g/mol. The van der Waals surface area contributed by atoms with Crippen molar-refractivity contribution < 1.29 is 4.74 Å². The number of nitrogens with one attached hydrogen (secondary N) is 1. The zero-order chi connectivity index (χ0) is 14.5. The van der Waals surface area contributed by atoms with Crippen LogP contribution in [0.1, 0.15) is 50.8 Å². The van der Waals surface area contributed by atoms with Crippen molar-refractivity contribution in [1.82, 2.24) is 5.32 Å². The van der Waals surface area contributed by atoms with Crippen LogP contribution < -0.4 is 5.32 Å². The van der Waals surface area contributed by atoms with Crippen LogP contribution in [-0.2, 0) is 4.74 Å². The molecule has 3 heteroatoms. The third-order valence-electron chi connectivity index (χ3n) is 3.57. The first-order chi connectivity index (χ1) is 8.89. The molecule has 0 bridgehead atoms. The summed E-state index contributed by atoms with van der Waals surface area (Å²) in [6.45, 7) is 9.51. The van der Waals surface area contributed by atoms with Crippen molar-refractivity contribution in [2.24, 2.45) is 0 Å². The highest BCUT2D eigenvalue weighted by Crippen LogP contribution is 2.30. The smallest absolute Gasteiger partial charge is 0.0623 e. The first-order valence-electron chi connectivity index (χ1n) is 6.94. The summed E-state index contributed by atoms with van der Waals surface area (Å²) in [7, 11) is 1.78. The predicted molar refractivity (Wildman–Crippen MR) is 85.6 cm³/mol. The van der Waals surface area contributed by atoms with Gasteiger partial charge in [-0.25, -0.2) is 0 Å². The van der Waals surface area contributed by atoms with Crippen LogP contribution in [0.15, 0.2) is 22.7 Å². The highest BCUT2D eigenvalue weighted by Gasteiger charge is 2.21. The topological polar surface area (TPSA) is 21.3 Å². The van der Waals surface area contributed by atoms with Crippen LogP contribution in [-0.4, -0.2) is 19.3 Å². The van der Waals surface area contributed by atoms with Crippen LogP contribution in [0, 0.1) is 6.92 Å². The summed E-state index contributed by atoms with van der Waals surface area (Å²) in [5.41, 5.74) is 2.55. The molecule has 0 aliphatic heterocycles. The highest BCUT2D eigenvalue weighted by atomic mass is 79.9. The summed E-state index contributed by atoms with van der Waals surface area (Å²) in [6.07, 6.45) is 2.10. The van der Waals surface area contributed by atoms with E-state index in [1.54, 1.807) is 7.11 Å². The van der Waals surface area contributed by atoms with Crippen LogP contribution in [0.25, 0.3) is 0 Å². The maximum atomic E-state index is 5.51. The molecule has 0 fully saturated rings. The molecule has 108 valence electrons. The van der Waals surface area contributed by atoms with Gasteiger partial charge in [-0.15, -0.1) is 0 Å². The minimum Gasteiger partial charge on any atom is -0.379 e. The van der Waals surface area contributed by atoms with Gasteiger partial charge in [0.05, 0.1) is 5.60 Å². The van der Waals surface area contributed by atoms with Crippen molar-refractivity contribution in [3.8, 4) is 0 Å². The van der Waals surface area contributed by atoms with Gasteiger partial charge < -0.3 is 10.1 Å². The minimum atomic E-state index is -0.0646. The SMILES string of the molecule is CCNC(CCC(C)(C)OC)c1ccc(C)cc1Br. The molecule has 0 aromatic heterocycles. The summed E-state index contributed by atoms with van der Waals surface area (Å²) in [5.74, 6) is 0. The van der Waals surface area contributed by atoms with E-state index in [9.17, 15) is 0 Å². The Kier molecular flexibility index (Phi) is 6.51. The second-order valence-corrected chi connectivity index (χ2v) is 6.49. The Balaban J connectivity index is 2.82. The molecule has 1 rings (SSSR count). The molecule has 1 aromatic rings. The Morgan fingerprint density at radius 2 is 2.05 bits per heavy atom. The molecule has 0 aliphatic rings. The molecular weight excluding hydrogens is 302 g/mol. The zero-order valence-electron chi connectivity index (χ0n) is 12.7. The van der Waals surface area contributed by atoms with Crippen LogP contribution in [0.2, 0.25) is 0 Å². The minimum absolute atomic E-state index is 0.0646. The van der Waals surface area contributed by atoms with Crippen LogP contribution in [0.3, 0.4) is 0 Å². The second kappa shape index (κ2) is 7.41. The van der Waals surface area contributed by atoms with E-state index in [4.69, 9.17) is 4.74 Å². The third kappa shape index (κ3) is 5.25. The van der Waals surface area contributed by atoms with Crippen molar-refractivity contribution in [2.75, 3.05) is 13.7 Å². The zero-order valence-corrected chi connectivity index (χ0v) is 14.3. The van der Waals surface area contributed by atoms with E-state index in [0.29, 0.717) is 6.04 Å². The molecule has 1 unspecified atom stereocenters. The van der Waals surface area contributed by atoms with Gasteiger partial charge in [0.25, 0.3) is 0 Å². The number of hydrogen-bond acceptors (Lipinski definition) is 2. The van der Waals surface area contributed by atoms with Crippen molar-refractivity contribution in [2.45, 2.75) is 52.2 Å². The number of benzene rings is 1. The lowest BCUT2D eigenvalue weighted by molar-refractivity contribution is 0.0117. The first-order valence-corrected chi connectivity index (χ1v) is 7.73. The second-order valence-electron chi connectivity index (χ2n) is 5.64. The molecule has 1 N–H and O–H groups in total. The van der Waals surface area contributed by atoms with Gasteiger partial charge >= 0.3 is 0 Å². The molecule has 0 amide bonds. The van der Waals surface area contributed by atoms with Crippen molar-refractivity contribution in [3.63, 3.8) is 0 Å². The van der Waals surface area contributed by atoms with Gasteiger partial charge in [0.2, 0.25) is 0 Å². The maximum absolute atomic E-state index is 5.51. The molecule has 0 radical (unpaired) electrons. The van der Waals surface area contributed by atoms with Gasteiger partial charge in [-0.1, -0.05) is 35.0 Å². The fourth-order valence-corrected chi connectivity index (χ4v) is 2.89. The molecule has 1 atom stereocenters. The van der Waals surface area contributed by atoms with E-state index in [2.05, 4.69) is 67.1 Å². The molecule has 0 spiro atoms. The lowest BCUT2D eigenvalue weighted by Gasteiger charge is -2.27. The summed E-state index contributed by atoms with van der Waals surface area (Å²) in [5, 5.41) is 3.57. The van der Waals surface area contributed by atoms with E-state index in [-0.39, 0.29) is 5.60 Å². The van der Waals surface area contributed by atoms with Crippen LogP contribution in [0.5, 0.6) is 0 Å². The molecule has 0 aliphatic carbocycles. The molecular formula is C16H26BrNO. The molecule has 0 saturated heterocycles. The molecule has 0 saturated carbocycles. The highest BCUT2D eigenvalue weighted by molar-refractivity contribution is 9.10. The van der Waals surface area contributed by atoms with Gasteiger partial charge in [-0.05, 0) is 57.4 Å². The fraction of sp³-hybridized carbons (Fsp3) is 0.625. The summed E-state index contributed by atoms with van der Waals surface area (Å²) in [4.78, 5) is 0. The lowest BCUT2D eigenvalue weighted by Crippen LogP contribution is -2.27.